The van der Waals surface area contributed by atoms with Crippen molar-refractivity contribution in [3.63, 3.8) is 0 Å². The molecule has 0 aromatic carbocycles. The van der Waals surface area contributed by atoms with Crippen LogP contribution < -0.4 is 10.6 Å². The Balaban J connectivity index is 4.52. The lowest BCUT2D eigenvalue weighted by Gasteiger charge is -2.26. The second-order valence-electron chi connectivity index (χ2n) is 8.19. The van der Waals surface area contributed by atoms with Crippen molar-refractivity contribution in [3.8, 4) is 0 Å². The van der Waals surface area contributed by atoms with E-state index in [0.29, 0.717) is 6.42 Å². The van der Waals surface area contributed by atoms with Crippen LogP contribution in [-0.2, 0) is 14.4 Å². The third-order valence-corrected chi connectivity index (χ3v) is 4.19. The molecule has 0 rings (SSSR count). The molecule has 1 unspecified atom stereocenters. The summed E-state index contributed by atoms with van der Waals surface area (Å²) in [5.74, 6) is -0.160. The quantitative estimate of drug-likeness (QED) is 0.620. The number of unbranched alkanes of at least 4 members (excludes halogenated alkanes) is 1. The van der Waals surface area contributed by atoms with Crippen molar-refractivity contribution in [1.29, 1.82) is 0 Å². The topological polar surface area (TPSA) is 75.3 Å². The third kappa shape index (κ3) is 11.6. The Kier molecular flexibility index (Phi) is 9.81. The Bertz CT molecular complexity index is 437. The summed E-state index contributed by atoms with van der Waals surface area (Å²) in [4.78, 5) is 35.5. The van der Waals surface area contributed by atoms with E-state index in [1.807, 2.05) is 20.8 Å². The molecular weight excluding hydrogens is 324 g/mol. The van der Waals surface area contributed by atoms with Crippen molar-refractivity contribution in [2.45, 2.75) is 79.3 Å². The van der Waals surface area contributed by atoms with Crippen LogP contribution in [0.25, 0.3) is 0 Å². The Labute approximate surface area is 151 Å². The number of carbonyl (C=O) groups excluding carboxylic acids is 3. The van der Waals surface area contributed by atoms with Gasteiger partial charge in [0.15, 0.2) is 10.9 Å². The van der Waals surface area contributed by atoms with Crippen LogP contribution in [0.15, 0.2) is 0 Å². The number of hydrogen-bond acceptors (Lipinski definition) is 5. The van der Waals surface area contributed by atoms with E-state index in [0.717, 1.165) is 31.1 Å². The summed E-state index contributed by atoms with van der Waals surface area (Å²) in [6, 6.07) is -0.486. The highest BCUT2D eigenvalue weighted by Crippen LogP contribution is 2.19. The molecule has 0 fully saturated rings. The molecule has 5 nitrogen and oxygen atoms in total. The van der Waals surface area contributed by atoms with Crippen LogP contribution in [0.3, 0.4) is 0 Å². The number of thioether (sulfide) groups is 1. The van der Waals surface area contributed by atoms with E-state index in [1.54, 1.807) is 0 Å². The first-order valence-corrected chi connectivity index (χ1v) is 9.53. The molecule has 24 heavy (non-hydrogen) atoms. The predicted octanol–water partition coefficient (Wildman–Crippen LogP) is 2.92. The fourth-order valence-electron chi connectivity index (χ4n) is 2.13. The SMILES string of the molecule is CC(=O)SCC(=O)NC(CCCCNC(C)(C)C)C(=O)C(C)(C)C. The summed E-state index contributed by atoms with van der Waals surface area (Å²) in [6.07, 6.45) is 2.43. The zero-order chi connectivity index (χ0) is 19.0. The highest BCUT2D eigenvalue weighted by atomic mass is 32.2. The molecule has 0 saturated carbocycles. The maximum atomic E-state index is 12.6. The Morgan fingerprint density at radius 2 is 1.58 bits per heavy atom. The van der Waals surface area contributed by atoms with Gasteiger partial charge in [-0.15, -0.1) is 0 Å². The molecule has 140 valence electrons. The smallest absolute Gasteiger partial charge is 0.231 e. The van der Waals surface area contributed by atoms with Crippen LogP contribution in [0, 0.1) is 5.41 Å². The number of ketones is 1. The maximum absolute atomic E-state index is 12.6. The van der Waals surface area contributed by atoms with Crippen molar-refractivity contribution < 1.29 is 14.4 Å². The normalized spacial score (nSPS) is 13.5. The van der Waals surface area contributed by atoms with Crippen molar-refractivity contribution in [3.05, 3.63) is 0 Å². The van der Waals surface area contributed by atoms with Gasteiger partial charge in [0.25, 0.3) is 0 Å². The monoisotopic (exact) mass is 358 g/mol. The van der Waals surface area contributed by atoms with Gasteiger partial charge in [-0.1, -0.05) is 32.5 Å². The second kappa shape index (κ2) is 10.2. The number of rotatable bonds is 9. The Hall–Kier alpha value is -0.880. The minimum atomic E-state index is -0.505. The van der Waals surface area contributed by atoms with Gasteiger partial charge < -0.3 is 10.6 Å². The third-order valence-electron chi connectivity index (χ3n) is 3.37. The molecule has 0 spiro atoms. The molecule has 1 atom stereocenters. The summed E-state index contributed by atoms with van der Waals surface area (Å²) >= 11 is 0.963. The van der Waals surface area contributed by atoms with E-state index in [-0.39, 0.29) is 28.1 Å². The molecule has 0 bridgehead atoms. The van der Waals surface area contributed by atoms with E-state index in [9.17, 15) is 14.4 Å². The van der Waals surface area contributed by atoms with Crippen LogP contribution in [-0.4, -0.2) is 40.7 Å². The van der Waals surface area contributed by atoms with Gasteiger partial charge in [0.05, 0.1) is 11.8 Å². The minimum Gasteiger partial charge on any atom is -0.346 e. The summed E-state index contributed by atoms with van der Waals surface area (Å²) in [6.45, 7) is 14.2. The molecule has 0 aliphatic heterocycles. The molecule has 0 radical (unpaired) electrons. The van der Waals surface area contributed by atoms with Gasteiger partial charge in [0.1, 0.15) is 0 Å². The lowest BCUT2D eigenvalue weighted by Crippen LogP contribution is -2.46. The zero-order valence-electron chi connectivity index (χ0n) is 16.2. The molecule has 0 aromatic heterocycles. The van der Waals surface area contributed by atoms with Crippen LogP contribution in [0.4, 0.5) is 0 Å². The number of nitrogens with one attached hydrogen (secondary N) is 2. The molecule has 1 amide bonds. The van der Waals surface area contributed by atoms with Crippen molar-refractivity contribution in [1.82, 2.24) is 10.6 Å². The number of carbonyl (C=O) groups is 3. The molecule has 0 saturated heterocycles. The van der Waals surface area contributed by atoms with Crippen LogP contribution in [0.2, 0.25) is 0 Å². The van der Waals surface area contributed by atoms with Crippen LogP contribution >= 0.6 is 11.8 Å². The van der Waals surface area contributed by atoms with Crippen LogP contribution in [0.1, 0.15) is 67.7 Å². The standard InChI is InChI=1S/C18H34N2O3S/c1-13(21)24-12-15(22)20-14(16(23)17(2,3)4)10-8-9-11-19-18(5,6)7/h14,19H,8-12H2,1-7H3,(H,20,22). The van der Waals surface area contributed by atoms with Gasteiger partial charge in [-0.25, -0.2) is 0 Å². The molecule has 0 aliphatic rings. The largest absolute Gasteiger partial charge is 0.346 e. The molecule has 6 heteroatoms. The predicted molar refractivity (Wildman–Crippen MR) is 101 cm³/mol. The number of amides is 1. The summed E-state index contributed by atoms with van der Waals surface area (Å²) in [7, 11) is 0. The summed E-state index contributed by atoms with van der Waals surface area (Å²) in [5.41, 5.74) is -0.423. The average molecular weight is 359 g/mol. The van der Waals surface area contributed by atoms with Crippen molar-refractivity contribution in [2.24, 2.45) is 5.41 Å². The molecule has 0 aliphatic carbocycles. The molecule has 0 aromatic rings. The number of hydrogen-bond donors (Lipinski definition) is 2. The van der Waals surface area contributed by atoms with E-state index < -0.39 is 11.5 Å². The average Bonchev–Trinajstić information content (AvgIpc) is 2.40. The van der Waals surface area contributed by atoms with Gasteiger partial charge in [0, 0.05) is 17.9 Å². The summed E-state index contributed by atoms with van der Waals surface area (Å²) in [5, 5.41) is 6.12. The fraction of sp³-hybridized carbons (Fsp3) is 0.833. The van der Waals surface area contributed by atoms with Gasteiger partial charge in [-0.05, 0) is 46.6 Å². The fourth-order valence-corrected chi connectivity index (χ4v) is 2.55. The molecular formula is C18H34N2O3S. The van der Waals surface area contributed by atoms with E-state index in [4.69, 9.17) is 0 Å². The zero-order valence-corrected chi connectivity index (χ0v) is 17.1. The Morgan fingerprint density at radius 3 is 2.04 bits per heavy atom. The van der Waals surface area contributed by atoms with E-state index in [2.05, 4.69) is 31.4 Å². The van der Waals surface area contributed by atoms with Gasteiger partial charge in [-0.3, -0.25) is 14.4 Å². The molecule has 0 heterocycles. The first kappa shape index (κ1) is 23.1. The highest BCUT2D eigenvalue weighted by molar-refractivity contribution is 8.14. The molecule has 2 N–H and O–H groups in total. The lowest BCUT2D eigenvalue weighted by atomic mass is 9.84. The van der Waals surface area contributed by atoms with Gasteiger partial charge in [0.2, 0.25) is 5.91 Å². The van der Waals surface area contributed by atoms with E-state index >= 15 is 0 Å². The Morgan fingerprint density at radius 1 is 1.00 bits per heavy atom. The minimum absolute atomic E-state index is 0.0347. The van der Waals surface area contributed by atoms with Crippen molar-refractivity contribution >= 4 is 28.6 Å². The number of Topliss-reactive ketones (excluding diaryl/α,β-unsaturated/α-hetero) is 1. The van der Waals surface area contributed by atoms with Crippen LogP contribution in [0.5, 0.6) is 0 Å². The first-order valence-electron chi connectivity index (χ1n) is 8.55. The lowest BCUT2D eigenvalue weighted by molar-refractivity contribution is -0.132. The van der Waals surface area contributed by atoms with Crippen molar-refractivity contribution in [2.75, 3.05) is 12.3 Å². The van der Waals surface area contributed by atoms with E-state index in [1.165, 1.54) is 6.92 Å². The van der Waals surface area contributed by atoms with Gasteiger partial charge in [-0.2, -0.15) is 0 Å². The van der Waals surface area contributed by atoms with Gasteiger partial charge >= 0.3 is 0 Å². The second-order valence-corrected chi connectivity index (χ2v) is 9.34. The highest BCUT2D eigenvalue weighted by Gasteiger charge is 2.30. The first-order chi connectivity index (χ1) is 10.8. The maximum Gasteiger partial charge on any atom is 0.231 e. The summed E-state index contributed by atoms with van der Waals surface area (Å²) < 4.78 is 0.